The van der Waals surface area contributed by atoms with E-state index in [0.29, 0.717) is 6.42 Å². The Hall–Kier alpha value is -2.37. The first-order valence-corrected chi connectivity index (χ1v) is 6.54. The van der Waals surface area contributed by atoms with Crippen molar-refractivity contribution in [3.63, 3.8) is 0 Å². The van der Waals surface area contributed by atoms with Crippen LogP contribution in [0.5, 0.6) is 0 Å². The van der Waals surface area contributed by atoms with Gasteiger partial charge in [0, 0.05) is 5.69 Å². The molecule has 6 nitrogen and oxygen atoms in total. The van der Waals surface area contributed by atoms with E-state index in [1.165, 1.54) is 4.90 Å². The standard InChI is InChI=1S/C14H17N3O3/c1-2-11-14(20)16-12(18)9-17(11)13(19)8-15-10-6-4-3-5-7-10/h3-7,11,15H,2,8-9H2,1H3,(H,16,18,20). The van der Waals surface area contributed by atoms with E-state index in [-0.39, 0.29) is 19.0 Å². The quantitative estimate of drug-likeness (QED) is 0.778. The summed E-state index contributed by atoms with van der Waals surface area (Å²) < 4.78 is 0. The van der Waals surface area contributed by atoms with E-state index in [1.54, 1.807) is 0 Å². The zero-order valence-electron chi connectivity index (χ0n) is 11.3. The van der Waals surface area contributed by atoms with Gasteiger partial charge in [0.25, 0.3) is 0 Å². The average molecular weight is 275 g/mol. The Morgan fingerprint density at radius 2 is 2.05 bits per heavy atom. The smallest absolute Gasteiger partial charge is 0.249 e. The van der Waals surface area contributed by atoms with Gasteiger partial charge in [0.15, 0.2) is 0 Å². The lowest BCUT2D eigenvalue weighted by atomic mass is 10.1. The molecule has 1 aromatic carbocycles. The highest BCUT2D eigenvalue weighted by atomic mass is 16.2. The number of hydrogen-bond donors (Lipinski definition) is 2. The van der Waals surface area contributed by atoms with Crippen molar-refractivity contribution in [3.05, 3.63) is 30.3 Å². The summed E-state index contributed by atoms with van der Waals surface area (Å²) in [5, 5.41) is 5.23. The molecule has 1 unspecified atom stereocenters. The second-order valence-corrected chi connectivity index (χ2v) is 4.58. The molecule has 1 aliphatic heterocycles. The van der Waals surface area contributed by atoms with Gasteiger partial charge in [-0.3, -0.25) is 19.7 Å². The molecule has 0 bridgehead atoms. The predicted octanol–water partition coefficient (Wildman–Crippen LogP) is 0.362. The maximum absolute atomic E-state index is 12.2. The molecule has 1 aliphatic rings. The summed E-state index contributed by atoms with van der Waals surface area (Å²) in [5.74, 6) is -1.10. The number of piperazine rings is 1. The van der Waals surface area contributed by atoms with Gasteiger partial charge >= 0.3 is 0 Å². The first-order valence-electron chi connectivity index (χ1n) is 6.54. The van der Waals surface area contributed by atoms with Gasteiger partial charge in [0.05, 0.1) is 6.54 Å². The largest absolute Gasteiger partial charge is 0.376 e. The van der Waals surface area contributed by atoms with Crippen molar-refractivity contribution in [1.82, 2.24) is 10.2 Å². The maximum atomic E-state index is 12.2. The van der Waals surface area contributed by atoms with Gasteiger partial charge in [-0.1, -0.05) is 25.1 Å². The molecule has 0 aliphatic carbocycles. The molecular weight excluding hydrogens is 258 g/mol. The van der Waals surface area contributed by atoms with Crippen LogP contribution in [0.1, 0.15) is 13.3 Å². The Kier molecular flexibility index (Phi) is 4.34. The monoisotopic (exact) mass is 275 g/mol. The first-order chi connectivity index (χ1) is 9.61. The van der Waals surface area contributed by atoms with E-state index in [0.717, 1.165) is 5.69 Å². The fourth-order valence-electron chi connectivity index (χ4n) is 2.17. The van der Waals surface area contributed by atoms with Crippen LogP contribution in [0.15, 0.2) is 30.3 Å². The molecule has 2 rings (SSSR count). The number of carbonyl (C=O) groups is 3. The van der Waals surface area contributed by atoms with E-state index in [2.05, 4.69) is 10.6 Å². The number of carbonyl (C=O) groups excluding carboxylic acids is 3. The van der Waals surface area contributed by atoms with Crippen molar-refractivity contribution in [2.24, 2.45) is 0 Å². The molecule has 0 radical (unpaired) electrons. The number of para-hydroxylation sites is 1. The topological polar surface area (TPSA) is 78.5 Å². The van der Waals surface area contributed by atoms with Crippen molar-refractivity contribution in [2.45, 2.75) is 19.4 Å². The summed E-state index contributed by atoms with van der Waals surface area (Å²) >= 11 is 0. The fraction of sp³-hybridized carbons (Fsp3) is 0.357. The van der Waals surface area contributed by atoms with Crippen LogP contribution in [-0.2, 0) is 14.4 Å². The van der Waals surface area contributed by atoms with Crippen molar-refractivity contribution in [2.75, 3.05) is 18.4 Å². The van der Waals surface area contributed by atoms with E-state index >= 15 is 0 Å². The van der Waals surface area contributed by atoms with Gasteiger partial charge in [0.1, 0.15) is 12.6 Å². The molecule has 1 heterocycles. The van der Waals surface area contributed by atoms with E-state index in [9.17, 15) is 14.4 Å². The zero-order chi connectivity index (χ0) is 14.5. The molecule has 1 aromatic rings. The highest BCUT2D eigenvalue weighted by molar-refractivity contribution is 6.04. The summed E-state index contributed by atoms with van der Waals surface area (Å²) in [6.07, 6.45) is 0.482. The third kappa shape index (κ3) is 3.14. The molecular formula is C14H17N3O3. The van der Waals surface area contributed by atoms with Crippen LogP contribution in [0, 0.1) is 0 Å². The van der Waals surface area contributed by atoms with Crippen LogP contribution in [0.2, 0.25) is 0 Å². The number of hydrogen-bond acceptors (Lipinski definition) is 4. The van der Waals surface area contributed by atoms with Gasteiger partial charge in [-0.2, -0.15) is 0 Å². The third-order valence-corrected chi connectivity index (χ3v) is 3.18. The zero-order valence-corrected chi connectivity index (χ0v) is 11.3. The molecule has 106 valence electrons. The number of nitrogens with one attached hydrogen (secondary N) is 2. The molecule has 3 amide bonds. The van der Waals surface area contributed by atoms with Gasteiger partial charge in [-0.15, -0.1) is 0 Å². The van der Waals surface area contributed by atoms with Gasteiger partial charge in [-0.25, -0.2) is 0 Å². The van der Waals surface area contributed by atoms with Crippen LogP contribution >= 0.6 is 0 Å². The molecule has 0 aromatic heterocycles. The number of amides is 3. The van der Waals surface area contributed by atoms with Crippen LogP contribution in [0.3, 0.4) is 0 Å². The number of anilines is 1. The van der Waals surface area contributed by atoms with Crippen LogP contribution in [-0.4, -0.2) is 41.8 Å². The Morgan fingerprint density at radius 1 is 1.35 bits per heavy atom. The molecule has 2 N–H and O–H groups in total. The van der Waals surface area contributed by atoms with Crippen LogP contribution in [0.4, 0.5) is 5.69 Å². The number of rotatable bonds is 4. The average Bonchev–Trinajstić information content (AvgIpc) is 2.45. The Balaban J connectivity index is 1.99. The predicted molar refractivity (Wildman–Crippen MR) is 73.9 cm³/mol. The van der Waals surface area contributed by atoms with E-state index in [4.69, 9.17) is 0 Å². The van der Waals surface area contributed by atoms with Crippen molar-refractivity contribution < 1.29 is 14.4 Å². The van der Waals surface area contributed by atoms with Crippen molar-refractivity contribution in [3.8, 4) is 0 Å². The lowest BCUT2D eigenvalue weighted by Crippen LogP contribution is -2.60. The minimum atomic E-state index is -0.572. The first kappa shape index (κ1) is 14.0. The molecule has 1 saturated heterocycles. The lowest BCUT2D eigenvalue weighted by molar-refractivity contribution is -0.149. The second-order valence-electron chi connectivity index (χ2n) is 4.58. The fourth-order valence-corrected chi connectivity index (χ4v) is 2.17. The molecule has 1 fully saturated rings. The maximum Gasteiger partial charge on any atom is 0.249 e. The Morgan fingerprint density at radius 3 is 2.70 bits per heavy atom. The van der Waals surface area contributed by atoms with Crippen LogP contribution < -0.4 is 10.6 Å². The van der Waals surface area contributed by atoms with E-state index < -0.39 is 17.9 Å². The Bertz CT molecular complexity index is 516. The minimum Gasteiger partial charge on any atom is -0.376 e. The normalized spacial score (nSPS) is 18.6. The highest BCUT2D eigenvalue weighted by Gasteiger charge is 2.35. The summed E-state index contributed by atoms with van der Waals surface area (Å²) in [4.78, 5) is 36.5. The van der Waals surface area contributed by atoms with Gasteiger partial charge < -0.3 is 10.2 Å². The third-order valence-electron chi connectivity index (χ3n) is 3.18. The summed E-state index contributed by atoms with van der Waals surface area (Å²) in [5.41, 5.74) is 0.821. The van der Waals surface area contributed by atoms with Crippen molar-refractivity contribution in [1.29, 1.82) is 0 Å². The van der Waals surface area contributed by atoms with Gasteiger partial charge in [-0.05, 0) is 18.6 Å². The second kappa shape index (κ2) is 6.18. The number of benzene rings is 1. The lowest BCUT2D eigenvalue weighted by Gasteiger charge is -2.33. The highest BCUT2D eigenvalue weighted by Crippen LogP contribution is 2.10. The molecule has 0 spiro atoms. The molecule has 6 heteroatoms. The molecule has 20 heavy (non-hydrogen) atoms. The molecule has 0 saturated carbocycles. The summed E-state index contributed by atoms with van der Waals surface area (Å²) in [7, 11) is 0. The minimum absolute atomic E-state index is 0.0566. The SMILES string of the molecule is CCC1C(=O)NC(=O)CN1C(=O)CNc1ccccc1. The van der Waals surface area contributed by atoms with E-state index in [1.807, 2.05) is 37.3 Å². The number of nitrogens with zero attached hydrogens (tertiary/aromatic N) is 1. The summed E-state index contributed by atoms with van der Waals surface area (Å²) in [6.45, 7) is 1.80. The van der Waals surface area contributed by atoms with Crippen molar-refractivity contribution >= 4 is 23.4 Å². The number of imide groups is 1. The Labute approximate surface area is 117 Å². The molecule has 1 atom stereocenters. The van der Waals surface area contributed by atoms with Gasteiger partial charge in [0.2, 0.25) is 17.7 Å². The van der Waals surface area contributed by atoms with Crippen LogP contribution in [0.25, 0.3) is 0 Å². The summed E-state index contributed by atoms with van der Waals surface area (Å²) in [6, 6.07) is 8.72.